The second-order valence-corrected chi connectivity index (χ2v) is 5.73. The third kappa shape index (κ3) is 3.66. The van der Waals surface area contributed by atoms with E-state index in [-0.39, 0.29) is 17.9 Å². The molecule has 0 unspecified atom stereocenters. The van der Waals surface area contributed by atoms with Gasteiger partial charge in [0.25, 0.3) is 0 Å². The Balaban J connectivity index is 1.78. The Kier molecular flexibility index (Phi) is 4.83. The predicted octanol–water partition coefficient (Wildman–Crippen LogP) is 3.41. The molecule has 2 atom stereocenters. The molecule has 0 radical (unpaired) electrons. The van der Waals surface area contributed by atoms with Crippen LogP contribution in [0.5, 0.6) is 0 Å². The molecule has 0 aliphatic carbocycles. The van der Waals surface area contributed by atoms with Crippen LogP contribution >= 0.6 is 0 Å². The molecule has 0 amide bonds. The van der Waals surface area contributed by atoms with E-state index in [0.717, 1.165) is 11.8 Å². The average molecular weight is 309 g/mol. The van der Waals surface area contributed by atoms with Gasteiger partial charge < -0.3 is 9.63 Å². The molecular formula is C19H19NO3. The van der Waals surface area contributed by atoms with Gasteiger partial charge in [0.2, 0.25) is 0 Å². The minimum Gasteiger partial charge on any atom is -0.363 e. The molecule has 1 aliphatic heterocycles. The Morgan fingerprint density at radius 3 is 2.35 bits per heavy atom. The van der Waals surface area contributed by atoms with E-state index in [1.807, 2.05) is 48.5 Å². The van der Waals surface area contributed by atoms with Crippen molar-refractivity contribution in [1.82, 2.24) is 5.06 Å². The lowest BCUT2D eigenvalue weighted by molar-refractivity contribution is -0.161. The average Bonchev–Trinajstić information content (AvgIpc) is 2.63. The maximum Gasteiger partial charge on any atom is 0.357 e. The first-order chi connectivity index (χ1) is 11.3. The zero-order chi connectivity index (χ0) is 16.1. The van der Waals surface area contributed by atoms with Crippen LogP contribution in [0.1, 0.15) is 34.8 Å². The minimum absolute atomic E-state index is 0.00637. The van der Waals surface area contributed by atoms with E-state index in [9.17, 15) is 9.59 Å². The zero-order valence-corrected chi connectivity index (χ0v) is 12.8. The summed E-state index contributed by atoms with van der Waals surface area (Å²) in [5.74, 6) is -0.358. The number of piperidine rings is 1. The van der Waals surface area contributed by atoms with Crippen LogP contribution in [0.2, 0.25) is 0 Å². The van der Waals surface area contributed by atoms with E-state index in [1.54, 1.807) is 17.2 Å². The number of carbonyl (C=O) groups is 2. The highest BCUT2D eigenvalue weighted by Gasteiger charge is 2.32. The summed E-state index contributed by atoms with van der Waals surface area (Å²) in [6.07, 6.45) is 2.37. The summed E-state index contributed by atoms with van der Waals surface area (Å²) in [5, 5.41) is 1.71. The largest absolute Gasteiger partial charge is 0.363 e. The Morgan fingerprint density at radius 1 is 1.04 bits per heavy atom. The fourth-order valence-electron chi connectivity index (χ4n) is 2.91. The van der Waals surface area contributed by atoms with Crippen LogP contribution in [-0.2, 0) is 9.63 Å². The lowest BCUT2D eigenvalue weighted by Gasteiger charge is -2.36. The van der Waals surface area contributed by atoms with Gasteiger partial charge in [-0.3, -0.25) is 0 Å². The summed E-state index contributed by atoms with van der Waals surface area (Å²) < 4.78 is 0. The minimum atomic E-state index is -0.365. The van der Waals surface area contributed by atoms with Crippen molar-refractivity contribution in [3.8, 4) is 0 Å². The quantitative estimate of drug-likeness (QED) is 0.812. The lowest BCUT2D eigenvalue weighted by Crippen LogP contribution is -2.38. The molecule has 1 saturated heterocycles. The SMILES string of the molecule is O=C[C@H]1CCN(OC(=O)c2ccccc2)[C@@H](c2ccccc2)C1. The molecule has 118 valence electrons. The highest BCUT2D eigenvalue weighted by atomic mass is 16.7. The van der Waals surface area contributed by atoms with Gasteiger partial charge in [-0.2, -0.15) is 0 Å². The summed E-state index contributed by atoms with van der Waals surface area (Å²) >= 11 is 0. The summed E-state index contributed by atoms with van der Waals surface area (Å²) in [6.45, 7) is 0.557. The van der Waals surface area contributed by atoms with E-state index >= 15 is 0 Å². The Morgan fingerprint density at radius 2 is 1.70 bits per heavy atom. The molecule has 23 heavy (non-hydrogen) atoms. The van der Waals surface area contributed by atoms with E-state index in [2.05, 4.69) is 0 Å². The third-order valence-electron chi connectivity index (χ3n) is 4.18. The summed E-state index contributed by atoms with van der Waals surface area (Å²) in [5.41, 5.74) is 1.58. The number of hydroxylamine groups is 2. The second kappa shape index (κ2) is 7.20. The van der Waals surface area contributed by atoms with Gasteiger partial charge in [0.05, 0.1) is 11.6 Å². The predicted molar refractivity (Wildman–Crippen MR) is 86.5 cm³/mol. The molecule has 0 saturated carbocycles. The molecule has 2 aromatic rings. The Labute approximate surface area is 135 Å². The molecule has 4 heteroatoms. The normalized spacial score (nSPS) is 21.6. The number of aldehydes is 1. The van der Waals surface area contributed by atoms with Crippen LogP contribution in [0, 0.1) is 5.92 Å². The van der Waals surface area contributed by atoms with Crippen molar-refractivity contribution in [2.24, 2.45) is 5.92 Å². The van der Waals surface area contributed by atoms with Crippen LogP contribution in [0.15, 0.2) is 60.7 Å². The number of rotatable bonds is 4. The van der Waals surface area contributed by atoms with E-state index in [1.165, 1.54) is 0 Å². The highest BCUT2D eigenvalue weighted by molar-refractivity contribution is 5.89. The first kappa shape index (κ1) is 15.4. The van der Waals surface area contributed by atoms with Crippen molar-refractivity contribution in [3.63, 3.8) is 0 Å². The summed E-state index contributed by atoms with van der Waals surface area (Å²) in [7, 11) is 0. The van der Waals surface area contributed by atoms with Gasteiger partial charge in [-0.15, -0.1) is 5.06 Å². The van der Waals surface area contributed by atoms with Crippen LogP contribution in [0.25, 0.3) is 0 Å². The molecule has 4 nitrogen and oxygen atoms in total. The molecule has 1 fully saturated rings. The molecule has 0 spiro atoms. The topological polar surface area (TPSA) is 46.6 Å². The molecule has 0 aromatic heterocycles. The van der Waals surface area contributed by atoms with Crippen molar-refractivity contribution < 1.29 is 14.4 Å². The first-order valence-corrected chi connectivity index (χ1v) is 7.82. The molecule has 2 aromatic carbocycles. The van der Waals surface area contributed by atoms with E-state index in [0.29, 0.717) is 24.9 Å². The number of hydrogen-bond acceptors (Lipinski definition) is 4. The monoisotopic (exact) mass is 309 g/mol. The smallest absolute Gasteiger partial charge is 0.357 e. The maximum absolute atomic E-state index is 12.3. The van der Waals surface area contributed by atoms with Crippen LogP contribution in [-0.4, -0.2) is 23.9 Å². The summed E-state index contributed by atoms with van der Waals surface area (Å²) in [6, 6.07) is 18.7. The van der Waals surface area contributed by atoms with Crippen molar-refractivity contribution in [2.45, 2.75) is 18.9 Å². The van der Waals surface area contributed by atoms with Crippen molar-refractivity contribution >= 4 is 12.3 Å². The fraction of sp³-hybridized carbons (Fsp3) is 0.263. The van der Waals surface area contributed by atoms with Crippen LogP contribution < -0.4 is 0 Å². The summed E-state index contributed by atoms with van der Waals surface area (Å²) in [4.78, 5) is 29.1. The Bertz CT molecular complexity index is 657. The standard InChI is InChI=1S/C19H19NO3/c21-14-15-11-12-20(18(13-15)16-7-3-1-4-8-16)23-19(22)17-9-5-2-6-10-17/h1-10,14-15,18H,11-13H2/t15-,18+/m0/s1. The third-order valence-corrected chi connectivity index (χ3v) is 4.18. The highest BCUT2D eigenvalue weighted by Crippen LogP contribution is 2.33. The van der Waals surface area contributed by atoms with Gasteiger partial charge in [-0.1, -0.05) is 48.5 Å². The molecular weight excluding hydrogens is 290 g/mol. The number of carbonyl (C=O) groups excluding carboxylic acids is 2. The van der Waals surface area contributed by atoms with Crippen molar-refractivity contribution in [1.29, 1.82) is 0 Å². The zero-order valence-electron chi connectivity index (χ0n) is 12.8. The van der Waals surface area contributed by atoms with E-state index in [4.69, 9.17) is 4.84 Å². The van der Waals surface area contributed by atoms with Gasteiger partial charge in [-0.05, 0) is 30.5 Å². The van der Waals surface area contributed by atoms with Crippen LogP contribution in [0.4, 0.5) is 0 Å². The van der Waals surface area contributed by atoms with Gasteiger partial charge in [0, 0.05) is 12.5 Å². The molecule has 3 rings (SSSR count). The molecule has 0 N–H and O–H groups in total. The van der Waals surface area contributed by atoms with Crippen LogP contribution in [0.3, 0.4) is 0 Å². The van der Waals surface area contributed by atoms with Crippen molar-refractivity contribution in [3.05, 3.63) is 71.8 Å². The second-order valence-electron chi connectivity index (χ2n) is 5.73. The first-order valence-electron chi connectivity index (χ1n) is 7.82. The van der Waals surface area contributed by atoms with E-state index < -0.39 is 0 Å². The molecule has 0 bridgehead atoms. The van der Waals surface area contributed by atoms with Gasteiger partial charge in [0.1, 0.15) is 6.29 Å². The number of benzene rings is 2. The molecule has 1 aliphatic rings. The van der Waals surface area contributed by atoms with Gasteiger partial charge in [0.15, 0.2) is 0 Å². The molecule has 1 heterocycles. The maximum atomic E-state index is 12.3. The van der Waals surface area contributed by atoms with Crippen molar-refractivity contribution in [2.75, 3.05) is 6.54 Å². The fourth-order valence-corrected chi connectivity index (χ4v) is 2.91. The lowest BCUT2D eigenvalue weighted by atomic mass is 9.89. The van der Waals surface area contributed by atoms with Gasteiger partial charge >= 0.3 is 5.97 Å². The Hall–Kier alpha value is -2.46. The van der Waals surface area contributed by atoms with Gasteiger partial charge in [-0.25, -0.2) is 4.79 Å². The number of nitrogens with zero attached hydrogens (tertiary/aromatic N) is 1. The number of hydrogen-bond donors (Lipinski definition) is 0.